The fraction of sp³-hybridized carbons (Fsp3) is 0.444. The molecule has 1 aliphatic carbocycles. The highest BCUT2D eigenvalue weighted by Gasteiger charge is 2.46. The monoisotopic (exact) mass is 491 g/mol. The maximum absolute atomic E-state index is 15.5. The lowest BCUT2D eigenvalue weighted by atomic mass is 9.62. The van der Waals surface area contributed by atoms with Crippen molar-refractivity contribution in [2.75, 3.05) is 36.9 Å². The van der Waals surface area contributed by atoms with Gasteiger partial charge in [0.2, 0.25) is 5.88 Å². The van der Waals surface area contributed by atoms with Gasteiger partial charge in [0.05, 0.1) is 0 Å². The van der Waals surface area contributed by atoms with Crippen molar-refractivity contribution < 1.29 is 18.7 Å². The third-order valence-corrected chi connectivity index (χ3v) is 7.93. The number of fused-ring (bicyclic) bond motifs is 2. The molecule has 1 spiro atoms. The highest BCUT2D eigenvalue weighted by molar-refractivity contribution is 5.94. The number of hydrogen-bond acceptors (Lipinski definition) is 7. The van der Waals surface area contributed by atoms with Gasteiger partial charge in [-0.2, -0.15) is 0 Å². The molecule has 1 saturated heterocycles. The molecule has 2 aliphatic heterocycles. The minimum absolute atomic E-state index is 0.0522. The number of carbonyl (C=O) groups excluding carboxylic acids is 1. The van der Waals surface area contributed by atoms with E-state index in [1.54, 1.807) is 31.5 Å². The Morgan fingerprint density at radius 1 is 1.11 bits per heavy atom. The predicted molar refractivity (Wildman–Crippen MR) is 136 cm³/mol. The summed E-state index contributed by atoms with van der Waals surface area (Å²) in [6.07, 6.45) is 6.80. The topological polar surface area (TPSA) is 97.4 Å². The SMILES string of the molecule is Cc1c(-c2cc3cc(NC(=O)OC4CC5(CCNCC5)C4)ncc3c(C)c2F)cnc2c1NCCO2. The van der Waals surface area contributed by atoms with E-state index in [4.69, 9.17) is 9.47 Å². The Labute approximate surface area is 209 Å². The smallest absolute Gasteiger partial charge is 0.413 e. The number of benzene rings is 1. The van der Waals surface area contributed by atoms with E-state index in [9.17, 15) is 4.79 Å². The number of hydrogen-bond donors (Lipinski definition) is 3. The number of carbonyl (C=O) groups is 1. The van der Waals surface area contributed by atoms with Crippen LogP contribution < -0.4 is 20.7 Å². The van der Waals surface area contributed by atoms with Crippen LogP contribution in [0.3, 0.4) is 0 Å². The van der Waals surface area contributed by atoms with Crippen LogP contribution in [-0.2, 0) is 4.74 Å². The number of piperidine rings is 1. The van der Waals surface area contributed by atoms with Gasteiger partial charge in [0.15, 0.2) is 0 Å². The quantitative estimate of drug-likeness (QED) is 0.478. The molecule has 0 bridgehead atoms. The van der Waals surface area contributed by atoms with Crippen LogP contribution in [0.25, 0.3) is 21.9 Å². The van der Waals surface area contributed by atoms with Crippen molar-refractivity contribution >= 4 is 28.4 Å². The fourth-order valence-electron chi connectivity index (χ4n) is 5.84. The van der Waals surface area contributed by atoms with Gasteiger partial charge in [-0.05, 0) is 86.7 Å². The van der Waals surface area contributed by atoms with Crippen LogP contribution in [0.4, 0.5) is 20.7 Å². The van der Waals surface area contributed by atoms with E-state index < -0.39 is 6.09 Å². The van der Waals surface area contributed by atoms with Crippen LogP contribution in [0.1, 0.15) is 36.8 Å². The first-order valence-corrected chi connectivity index (χ1v) is 12.6. The summed E-state index contributed by atoms with van der Waals surface area (Å²) in [6.45, 7) is 6.96. The van der Waals surface area contributed by atoms with E-state index >= 15 is 4.39 Å². The molecule has 1 saturated carbocycles. The number of halogens is 1. The van der Waals surface area contributed by atoms with Crippen LogP contribution in [0.5, 0.6) is 5.88 Å². The predicted octanol–water partition coefficient (Wildman–Crippen LogP) is 4.94. The Balaban J connectivity index is 1.23. The van der Waals surface area contributed by atoms with Crippen molar-refractivity contribution in [2.45, 2.75) is 45.6 Å². The average Bonchev–Trinajstić information content (AvgIpc) is 2.86. The van der Waals surface area contributed by atoms with Gasteiger partial charge in [-0.15, -0.1) is 0 Å². The maximum Gasteiger partial charge on any atom is 0.413 e. The van der Waals surface area contributed by atoms with E-state index in [1.807, 2.05) is 6.92 Å². The molecule has 0 radical (unpaired) electrons. The first-order valence-electron chi connectivity index (χ1n) is 12.6. The highest BCUT2D eigenvalue weighted by atomic mass is 19.1. The molecule has 3 N–H and O–H groups in total. The van der Waals surface area contributed by atoms with Crippen LogP contribution in [0.2, 0.25) is 0 Å². The number of nitrogens with zero attached hydrogens (tertiary/aromatic N) is 2. The van der Waals surface area contributed by atoms with E-state index in [0.717, 1.165) is 55.4 Å². The van der Waals surface area contributed by atoms with Gasteiger partial charge in [0, 0.05) is 35.5 Å². The van der Waals surface area contributed by atoms with E-state index in [-0.39, 0.29) is 11.9 Å². The number of pyridine rings is 2. The van der Waals surface area contributed by atoms with Crippen molar-refractivity contribution in [3.63, 3.8) is 0 Å². The second kappa shape index (κ2) is 8.89. The lowest BCUT2D eigenvalue weighted by molar-refractivity contribution is -0.0539. The zero-order valence-corrected chi connectivity index (χ0v) is 20.5. The van der Waals surface area contributed by atoms with Crippen molar-refractivity contribution in [1.82, 2.24) is 15.3 Å². The summed E-state index contributed by atoms with van der Waals surface area (Å²) in [5, 5.41) is 10.9. The van der Waals surface area contributed by atoms with Crippen LogP contribution >= 0.6 is 0 Å². The van der Waals surface area contributed by atoms with Gasteiger partial charge in [0.1, 0.15) is 30.0 Å². The van der Waals surface area contributed by atoms with Crippen molar-refractivity contribution in [1.29, 1.82) is 0 Å². The molecule has 3 aliphatic rings. The number of ether oxygens (including phenoxy) is 2. The summed E-state index contributed by atoms with van der Waals surface area (Å²) < 4.78 is 26.7. The molecule has 6 rings (SSSR count). The largest absolute Gasteiger partial charge is 0.474 e. The minimum Gasteiger partial charge on any atom is -0.474 e. The van der Waals surface area contributed by atoms with Gasteiger partial charge < -0.3 is 20.1 Å². The Hall–Kier alpha value is -3.46. The van der Waals surface area contributed by atoms with Crippen LogP contribution in [0.15, 0.2) is 24.5 Å². The third-order valence-electron chi connectivity index (χ3n) is 7.93. The first-order chi connectivity index (χ1) is 17.4. The molecule has 2 aromatic heterocycles. The van der Waals surface area contributed by atoms with Crippen LogP contribution in [-0.4, -0.2) is 48.4 Å². The molecule has 4 heterocycles. The molecule has 2 fully saturated rings. The normalized spacial score (nSPS) is 18.6. The number of amides is 1. The Morgan fingerprint density at radius 3 is 2.72 bits per heavy atom. The Kier molecular flexibility index (Phi) is 5.67. The number of nitrogens with one attached hydrogen (secondary N) is 3. The van der Waals surface area contributed by atoms with Gasteiger partial charge in [-0.1, -0.05) is 0 Å². The Bertz CT molecular complexity index is 1350. The minimum atomic E-state index is -0.504. The number of aryl methyl sites for hydroxylation is 1. The molecule has 0 atom stereocenters. The molecule has 3 aromatic rings. The van der Waals surface area contributed by atoms with Crippen molar-refractivity contribution in [3.8, 4) is 17.0 Å². The molecule has 1 aromatic carbocycles. The van der Waals surface area contributed by atoms with Gasteiger partial charge in [0.25, 0.3) is 0 Å². The molecule has 36 heavy (non-hydrogen) atoms. The summed E-state index contributed by atoms with van der Waals surface area (Å²) in [6, 6.07) is 3.53. The Morgan fingerprint density at radius 2 is 1.92 bits per heavy atom. The number of aromatic nitrogens is 2. The summed E-state index contributed by atoms with van der Waals surface area (Å²) in [7, 11) is 0. The van der Waals surface area contributed by atoms with Gasteiger partial charge >= 0.3 is 6.09 Å². The maximum atomic E-state index is 15.5. The molecular weight excluding hydrogens is 461 g/mol. The van der Waals surface area contributed by atoms with Crippen LogP contribution in [0, 0.1) is 25.1 Å². The lowest BCUT2D eigenvalue weighted by Gasteiger charge is -2.49. The zero-order valence-electron chi connectivity index (χ0n) is 20.5. The number of rotatable bonds is 3. The molecule has 0 unspecified atom stereocenters. The summed E-state index contributed by atoms with van der Waals surface area (Å²) in [5.41, 5.74) is 3.63. The highest BCUT2D eigenvalue weighted by Crippen LogP contribution is 2.49. The second-order valence-electron chi connectivity index (χ2n) is 10.2. The third kappa shape index (κ3) is 4.01. The molecule has 188 valence electrons. The number of anilines is 2. The summed E-state index contributed by atoms with van der Waals surface area (Å²) in [4.78, 5) is 21.3. The first kappa shape index (κ1) is 23.0. The van der Waals surface area contributed by atoms with E-state index in [1.165, 1.54) is 0 Å². The lowest BCUT2D eigenvalue weighted by Crippen LogP contribution is -2.49. The molecule has 1 amide bonds. The van der Waals surface area contributed by atoms with E-state index in [2.05, 4.69) is 25.9 Å². The van der Waals surface area contributed by atoms with Gasteiger partial charge in [-0.25, -0.2) is 19.2 Å². The molecule has 8 nitrogen and oxygen atoms in total. The van der Waals surface area contributed by atoms with Gasteiger partial charge in [-0.3, -0.25) is 5.32 Å². The second-order valence-corrected chi connectivity index (χ2v) is 10.2. The summed E-state index contributed by atoms with van der Waals surface area (Å²) >= 11 is 0. The zero-order chi connectivity index (χ0) is 24.9. The van der Waals surface area contributed by atoms with Crippen molar-refractivity contribution in [3.05, 3.63) is 41.5 Å². The molecular formula is C27H30FN5O3. The van der Waals surface area contributed by atoms with Crippen molar-refractivity contribution in [2.24, 2.45) is 5.41 Å². The van der Waals surface area contributed by atoms with E-state index in [0.29, 0.717) is 52.3 Å². The fourth-order valence-corrected chi connectivity index (χ4v) is 5.84. The molecule has 9 heteroatoms. The average molecular weight is 492 g/mol. The standard InChI is InChI=1S/C27H30FN5O3/c1-15-20-13-31-22(33-26(34)36-18-11-27(12-18)3-5-29-6-4-27)10-17(20)9-19(23(15)28)21-14-32-25-24(16(21)2)30-7-8-35-25/h9-10,13-14,18,29-30H,3-8,11-12H2,1-2H3,(H,31,33,34). The summed E-state index contributed by atoms with van der Waals surface area (Å²) in [5.74, 6) is 0.589.